The molecule has 0 spiro atoms. The predicted molar refractivity (Wildman–Crippen MR) is 50.2 cm³/mol. The SMILES string of the molecule is [CH-]=C(C)C1=[C-]C2=CC=C(C)C2C1.[Y]. The molecule has 0 aromatic heterocycles. The Hall–Kier alpha value is 0.0639. The van der Waals surface area contributed by atoms with Crippen LogP contribution in [0, 0.1) is 18.6 Å². The van der Waals surface area contributed by atoms with Crippen LogP contribution in [0.3, 0.4) is 0 Å². The van der Waals surface area contributed by atoms with Gasteiger partial charge in [-0.1, -0.05) is 5.57 Å². The second-order valence-corrected chi connectivity index (χ2v) is 3.58. The van der Waals surface area contributed by atoms with Crippen LogP contribution in [0.5, 0.6) is 0 Å². The maximum atomic E-state index is 5.72. The Kier molecular flexibility index (Phi) is 3.48. The molecule has 1 heteroatoms. The summed E-state index contributed by atoms with van der Waals surface area (Å²) in [7, 11) is 0. The van der Waals surface area contributed by atoms with Gasteiger partial charge in [-0.2, -0.15) is 11.6 Å². The molecule has 0 N–H and O–H groups in total. The second kappa shape index (κ2) is 4.06. The monoisotopic (exact) mass is 245 g/mol. The van der Waals surface area contributed by atoms with Crippen LogP contribution in [-0.2, 0) is 32.7 Å². The van der Waals surface area contributed by atoms with Crippen LogP contribution in [0.1, 0.15) is 20.3 Å². The van der Waals surface area contributed by atoms with Crippen LogP contribution in [0.4, 0.5) is 0 Å². The Morgan fingerprint density at radius 2 is 2.23 bits per heavy atom. The predicted octanol–water partition coefficient (Wildman–Crippen LogP) is 3.00. The van der Waals surface area contributed by atoms with E-state index in [1.165, 1.54) is 16.7 Å². The molecule has 2 aliphatic carbocycles. The number of hydrogen-bond donors (Lipinski definition) is 0. The Labute approximate surface area is 105 Å². The van der Waals surface area contributed by atoms with E-state index in [2.05, 4.69) is 25.2 Å². The van der Waals surface area contributed by atoms with Crippen molar-refractivity contribution in [1.82, 2.24) is 0 Å². The van der Waals surface area contributed by atoms with Crippen LogP contribution in [0.15, 0.2) is 34.4 Å². The second-order valence-electron chi connectivity index (χ2n) is 3.58. The van der Waals surface area contributed by atoms with E-state index >= 15 is 0 Å². The third kappa shape index (κ3) is 1.95. The average Bonchev–Trinajstić information content (AvgIpc) is 2.53. The molecule has 0 aliphatic heterocycles. The zero-order valence-electron chi connectivity index (χ0n) is 8.09. The first-order valence-corrected chi connectivity index (χ1v) is 4.29. The third-order valence-electron chi connectivity index (χ3n) is 2.63. The van der Waals surface area contributed by atoms with Gasteiger partial charge in [0.1, 0.15) is 0 Å². The zero-order valence-corrected chi connectivity index (χ0v) is 10.9. The van der Waals surface area contributed by atoms with Crippen LogP contribution >= 0.6 is 0 Å². The molecule has 0 saturated carbocycles. The first-order valence-electron chi connectivity index (χ1n) is 4.29. The van der Waals surface area contributed by atoms with Gasteiger partial charge in [-0.15, -0.1) is 19.4 Å². The molecule has 0 amide bonds. The Bertz CT molecular complexity index is 329. The molecule has 1 atom stereocenters. The quantitative estimate of drug-likeness (QED) is 0.623. The van der Waals surface area contributed by atoms with Gasteiger partial charge in [0.05, 0.1) is 0 Å². The van der Waals surface area contributed by atoms with Gasteiger partial charge in [0.2, 0.25) is 0 Å². The first kappa shape index (κ1) is 11.1. The van der Waals surface area contributed by atoms with Gasteiger partial charge < -0.3 is 17.7 Å². The van der Waals surface area contributed by atoms with E-state index in [0.717, 1.165) is 12.0 Å². The van der Waals surface area contributed by atoms with E-state index in [9.17, 15) is 0 Å². The molecule has 0 heterocycles. The molecular formula is C12H12Y-2. The Balaban J connectivity index is 0.000000845. The van der Waals surface area contributed by atoms with E-state index in [0.29, 0.717) is 5.92 Å². The van der Waals surface area contributed by atoms with Crippen molar-refractivity contribution in [2.75, 3.05) is 0 Å². The van der Waals surface area contributed by atoms with Gasteiger partial charge in [-0.3, -0.25) is 6.08 Å². The molecule has 2 rings (SSSR count). The van der Waals surface area contributed by atoms with Gasteiger partial charge >= 0.3 is 0 Å². The smallest absolute Gasteiger partial charge is 0 e. The molecule has 0 nitrogen and oxygen atoms in total. The molecule has 0 bridgehead atoms. The number of hydrogen-bond acceptors (Lipinski definition) is 0. The molecule has 0 fully saturated rings. The summed E-state index contributed by atoms with van der Waals surface area (Å²) < 4.78 is 0. The molecule has 13 heavy (non-hydrogen) atoms. The summed E-state index contributed by atoms with van der Waals surface area (Å²) in [5.41, 5.74) is 4.86. The van der Waals surface area contributed by atoms with E-state index in [4.69, 9.17) is 6.58 Å². The zero-order chi connectivity index (χ0) is 8.72. The normalized spacial score (nSPS) is 24.2. The summed E-state index contributed by atoms with van der Waals surface area (Å²) in [6, 6.07) is 0. The van der Waals surface area contributed by atoms with Crippen molar-refractivity contribution in [3.8, 4) is 0 Å². The van der Waals surface area contributed by atoms with E-state index in [1.807, 2.05) is 6.92 Å². The summed E-state index contributed by atoms with van der Waals surface area (Å²) in [6.07, 6.45) is 8.72. The van der Waals surface area contributed by atoms with Crippen molar-refractivity contribution in [3.63, 3.8) is 0 Å². The van der Waals surface area contributed by atoms with Crippen LogP contribution < -0.4 is 0 Å². The third-order valence-corrected chi connectivity index (χ3v) is 2.63. The number of fused-ring (bicyclic) bond motifs is 1. The van der Waals surface area contributed by atoms with E-state index < -0.39 is 0 Å². The average molecular weight is 245 g/mol. The van der Waals surface area contributed by atoms with Crippen LogP contribution in [0.2, 0.25) is 0 Å². The van der Waals surface area contributed by atoms with Gasteiger partial charge in [0.25, 0.3) is 0 Å². The van der Waals surface area contributed by atoms with Crippen LogP contribution in [0.25, 0.3) is 0 Å². The van der Waals surface area contributed by atoms with Crippen molar-refractivity contribution in [3.05, 3.63) is 47.1 Å². The van der Waals surface area contributed by atoms with Gasteiger partial charge in [-0.25, -0.2) is 0 Å². The number of rotatable bonds is 1. The molecule has 0 aromatic rings. The molecule has 2 aliphatic rings. The van der Waals surface area contributed by atoms with Crippen LogP contribution in [-0.4, -0.2) is 0 Å². The van der Waals surface area contributed by atoms with E-state index in [-0.39, 0.29) is 32.7 Å². The topological polar surface area (TPSA) is 0 Å². The summed E-state index contributed by atoms with van der Waals surface area (Å²) in [6.45, 7) is 9.84. The molecule has 0 saturated heterocycles. The van der Waals surface area contributed by atoms with Gasteiger partial charge in [-0.05, 0) is 12.8 Å². The molecule has 1 radical (unpaired) electrons. The maximum absolute atomic E-state index is 5.72. The molecule has 65 valence electrons. The summed E-state index contributed by atoms with van der Waals surface area (Å²) in [4.78, 5) is 0. The minimum absolute atomic E-state index is 0. The summed E-state index contributed by atoms with van der Waals surface area (Å²) in [5.74, 6) is 0.582. The van der Waals surface area contributed by atoms with Crippen molar-refractivity contribution >= 4 is 0 Å². The van der Waals surface area contributed by atoms with Crippen molar-refractivity contribution < 1.29 is 32.7 Å². The standard InChI is InChI=1S/C12H12.Y/c1-8(2)11-6-10-5-4-9(3)12(10)7-11;/h1,4-5,12H,7H2,2-3H3;/q-2;. The fourth-order valence-electron chi connectivity index (χ4n) is 1.79. The summed E-state index contributed by atoms with van der Waals surface area (Å²) in [5, 5.41) is 0. The maximum Gasteiger partial charge on any atom is 0 e. The van der Waals surface area contributed by atoms with Crippen molar-refractivity contribution in [1.29, 1.82) is 0 Å². The van der Waals surface area contributed by atoms with Gasteiger partial charge in [0.15, 0.2) is 0 Å². The molecule has 1 unspecified atom stereocenters. The fraction of sp³-hybridized carbons (Fsp3) is 0.333. The Morgan fingerprint density at radius 1 is 1.54 bits per heavy atom. The van der Waals surface area contributed by atoms with E-state index in [1.54, 1.807) is 0 Å². The summed E-state index contributed by atoms with van der Waals surface area (Å²) >= 11 is 0. The largest absolute Gasteiger partial charge is 0.358 e. The number of allylic oxidation sites excluding steroid dienone is 7. The minimum atomic E-state index is 0. The molecule has 0 aromatic carbocycles. The fourth-order valence-corrected chi connectivity index (χ4v) is 1.79. The Morgan fingerprint density at radius 3 is 2.77 bits per heavy atom. The van der Waals surface area contributed by atoms with Crippen molar-refractivity contribution in [2.45, 2.75) is 20.3 Å². The van der Waals surface area contributed by atoms with Crippen molar-refractivity contribution in [2.24, 2.45) is 5.92 Å². The minimum Gasteiger partial charge on any atom is -0.358 e. The van der Waals surface area contributed by atoms with Gasteiger partial charge in [0, 0.05) is 32.7 Å². The first-order chi connectivity index (χ1) is 5.68. The molecular weight excluding hydrogens is 233 g/mol.